The van der Waals surface area contributed by atoms with Crippen LogP contribution in [-0.4, -0.2) is 47.6 Å². The van der Waals surface area contributed by atoms with Crippen LogP contribution in [0.25, 0.3) is 0 Å². The number of hydrogen-bond acceptors (Lipinski definition) is 3. The van der Waals surface area contributed by atoms with Crippen LogP contribution in [0.3, 0.4) is 0 Å². The maximum Gasteiger partial charge on any atom is 0.246 e. The second-order valence-electron chi connectivity index (χ2n) is 7.03. The molecule has 1 rings (SSSR count). The van der Waals surface area contributed by atoms with Crippen LogP contribution in [0.1, 0.15) is 54.4 Å². The Bertz CT molecular complexity index is 374. The molecule has 0 aliphatic carbocycles. The van der Waals surface area contributed by atoms with Crippen molar-refractivity contribution in [3.05, 3.63) is 0 Å². The minimum atomic E-state index is -0.416. The highest BCUT2D eigenvalue weighted by Gasteiger charge is 2.40. The average Bonchev–Trinajstić information content (AvgIpc) is 2.35. The summed E-state index contributed by atoms with van der Waals surface area (Å²) in [6, 6.07) is -0.777. The van der Waals surface area contributed by atoms with Crippen molar-refractivity contribution in [1.82, 2.24) is 10.2 Å². The second kappa shape index (κ2) is 7.25. The second-order valence-corrected chi connectivity index (χ2v) is 7.03. The number of nitrogens with zero attached hydrogens (tertiary/aromatic N) is 1. The molecule has 5 nitrogen and oxygen atoms in total. The van der Waals surface area contributed by atoms with E-state index in [2.05, 4.69) is 5.32 Å². The van der Waals surface area contributed by atoms with Crippen LogP contribution in [0, 0.1) is 5.92 Å². The first-order chi connectivity index (χ1) is 9.67. The van der Waals surface area contributed by atoms with Crippen molar-refractivity contribution in [2.45, 2.75) is 72.1 Å². The molecule has 122 valence electrons. The van der Waals surface area contributed by atoms with E-state index in [1.165, 1.54) is 0 Å². The smallest absolute Gasteiger partial charge is 0.246 e. The van der Waals surface area contributed by atoms with Gasteiger partial charge in [0.05, 0.1) is 12.2 Å². The molecule has 1 aliphatic heterocycles. The fraction of sp³-hybridized carbons (Fsp3) is 0.875. The Morgan fingerprint density at radius 1 is 1.29 bits per heavy atom. The summed E-state index contributed by atoms with van der Waals surface area (Å²) >= 11 is 0. The topological polar surface area (TPSA) is 58.6 Å². The molecule has 21 heavy (non-hydrogen) atoms. The van der Waals surface area contributed by atoms with Crippen molar-refractivity contribution in [2.24, 2.45) is 5.92 Å². The molecule has 0 bridgehead atoms. The molecule has 1 fully saturated rings. The largest absolute Gasteiger partial charge is 0.374 e. The number of piperazine rings is 1. The van der Waals surface area contributed by atoms with Gasteiger partial charge in [0.15, 0.2) is 0 Å². The van der Waals surface area contributed by atoms with Crippen molar-refractivity contribution >= 4 is 11.8 Å². The number of nitrogens with one attached hydrogen (secondary N) is 1. The van der Waals surface area contributed by atoms with Gasteiger partial charge < -0.3 is 15.0 Å². The number of rotatable bonds is 6. The highest BCUT2D eigenvalue weighted by atomic mass is 16.5. The van der Waals surface area contributed by atoms with E-state index in [4.69, 9.17) is 4.74 Å². The van der Waals surface area contributed by atoms with E-state index in [-0.39, 0.29) is 29.4 Å². The summed E-state index contributed by atoms with van der Waals surface area (Å²) in [4.78, 5) is 26.6. The molecular formula is C16H30N2O3. The van der Waals surface area contributed by atoms with E-state index < -0.39 is 6.04 Å². The predicted molar refractivity (Wildman–Crippen MR) is 82.9 cm³/mol. The summed E-state index contributed by atoms with van der Waals surface area (Å²) in [5.41, 5.74) is -0.237. The molecule has 0 radical (unpaired) electrons. The Balaban J connectivity index is 2.79. The third-order valence-corrected chi connectivity index (χ3v) is 3.62. The van der Waals surface area contributed by atoms with E-state index in [9.17, 15) is 9.59 Å². The van der Waals surface area contributed by atoms with Crippen LogP contribution in [-0.2, 0) is 14.3 Å². The summed E-state index contributed by atoms with van der Waals surface area (Å²) < 4.78 is 5.71. The Morgan fingerprint density at radius 2 is 1.90 bits per heavy atom. The van der Waals surface area contributed by atoms with E-state index in [1.54, 1.807) is 4.90 Å². The average molecular weight is 298 g/mol. The lowest BCUT2D eigenvalue weighted by Gasteiger charge is -2.40. The predicted octanol–water partition coefficient (Wildman–Crippen LogP) is 1.95. The molecule has 1 saturated heterocycles. The van der Waals surface area contributed by atoms with E-state index in [0.29, 0.717) is 19.6 Å². The fourth-order valence-corrected chi connectivity index (χ4v) is 2.51. The van der Waals surface area contributed by atoms with Gasteiger partial charge >= 0.3 is 0 Å². The van der Waals surface area contributed by atoms with Crippen LogP contribution in [0.2, 0.25) is 0 Å². The molecule has 0 aromatic rings. The molecule has 0 spiro atoms. The lowest BCUT2D eigenvalue weighted by molar-refractivity contribution is -0.152. The van der Waals surface area contributed by atoms with Gasteiger partial charge in [0.1, 0.15) is 12.1 Å². The lowest BCUT2D eigenvalue weighted by Crippen LogP contribution is -2.65. The summed E-state index contributed by atoms with van der Waals surface area (Å²) in [7, 11) is 0. The third kappa shape index (κ3) is 4.99. The molecule has 2 amide bonds. The van der Waals surface area contributed by atoms with Gasteiger partial charge in [-0.05, 0) is 33.1 Å². The number of amides is 2. The molecule has 5 heteroatoms. The monoisotopic (exact) mass is 298 g/mol. The van der Waals surface area contributed by atoms with Gasteiger partial charge in [-0.15, -0.1) is 0 Å². The Hall–Kier alpha value is -1.10. The van der Waals surface area contributed by atoms with Crippen molar-refractivity contribution < 1.29 is 14.3 Å². The SMILES string of the molecule is CCCC1C(=O)NC(C(C)C)C(=O)N1CCOC(C)(C)C. The van der Waals surface area contributed by atoms with Gasteiger partial charge in [-0.2, -0.15) is 0 Å². The number of hydrogen-bond donors (Lipinski definition) is 1. The molecule has 0 aromatic heterocycles. The van der Waals surface area contributed by atoms with Gasteiger partial charge in [-0.25, -0.2) is 0 Å². The molecule has 0 saturated carbocycles. The summed E-state index contributed by atoms with van der Waals surface area (Å²) in [6.45, 7) is 12.8. The van der Waals surface area contributed by atoms with Crippen molar-refractivity contribution in [3.8, 4) is 0 Å². The normalized spacial score (nSPS) is 23.7. The number of carbonyl (C=O) groups is 2. The summed E-state index contributed by atoms with van der Waals surface area (Å²) in [5.74, 6) is 0.0709. The standard InChI is InChI=1S/C16H30N2O3/c1-7-8-12-14(19)17-13(11(2)3)15(20)18(12)9-10-21-16(4,5)6/h11-13H,7-10H2,1-6H3,(H,17,19). The van der Waals surface area contributed by atoms with Gasteiger partial charge in [-0.1, -0.05) is 27.2 Å². The van der Waals surface area contributed by atoms with Crippen molar-refractivity contribution in [2.75, 3.05) is 13.2 Å². The lowest BCUT2D eigenvalue weighted by atomic mass is 9.96. The van der Waals surface area contributed by atoms with Crippen LogP contribution in [0.5, 0.6) is 0 Å². The molecule has 1 heterocycles. The van der Waals surface area contributed by atoms with Crippen LogP contribution in [0.4, 0.5) is 0 Å². The summed E-state index contributed by atoms with van der Waals surface area (Å²) in [5, 5.41) is 2.87. The third-order valence-electron chi connectivity index (χ3n) is 3.62. The molecule has 1 N–H and O–H groups in total. The van der Waals surface area contributed by atoms with Crippen molar-refractivity contribution in [1.29, 1.82) is 0 Å². The van der Waals surface area contributed by atoms with Gasteiger partial charge in [0.25, 0.3) is 0 Å². The first kappa shape index (κ1) is 18.0. The summed E-state index contributed by atoms with van der Waals surface area (Å²) in [6.07, 6.45) is 1.56. The molecular weight excluding hydrogens is 268 g/mol. The molecule has 2 unspecified atom stereocenters. The van der Waals surface area contributed by atoms with Crippen LogP contribution in [0.15, 0.2) is 0 Å². The molecule has 1 aliphatic rings. The Kier molecular flexibility index (Phi) is 6.20. The van der Waals surface area contributed by atoms with E-state index in [1.807, 2.05) is 41.5 Å². The highest BCUT2D eigenvalue weighted by Crippen LogP contribution is 2.19. The number of carbonyl (C=O) groups excluding carboxylic acids is 2. The minimum Gasteiger partial charge on any atom is -0.374 e. The first-order valence-electron chi connectivity index (χ1n) is 7.92. The minimum absolute atomic E-state index is 0.0144. The van der Waals surface area contributed by atoms with E-state index >= 15 is 0 Å². The zero-order valence-corrected chi connectivity index (χ0v) is 14.2. The Morgan fingerprint density at radius 3 is 2.38 bits per heavy atom. The van der Waals surface area contributed by atoms with Crippen LogP contribution >= 0.6 is 0 Å². The maximum absolute atomic E-state index is 12.6. The van der Waals surface area contributed by atoms with Gasteiger partial charge in [-0.3, -0.25) is 9.59 Å². The quantitative estimate of drug-likeness (QED) is 0.815. The maximum atomic E-state index is 12.6. The van der Waals surface area contributed by atoms with E-state index in [0.717, 1.165) is 6.42 Å². The van der Waals surface area contributed by atoms with Gasteiger partial charge in [0.2, 0.25) is 11.8 Å². The van der Waals surface area contributed by atoms with Crippen LogP contribution < -0.4 is 5.32 Å². The van der Waals surface area contributed by atoms with Crippen molar-refractivity contribution in [3.63, 3.8) is 0 Å². The fourth-order valence-electron chi connectivity index (χ4n) is 2.51. The number of ether oxygens (including phenoxy) is 1. The zero-order valence-electron chi connectivity index (χ0n) is 14.2. The first-order valence-corrected chi connectivity index (χ1v) is 7.92. The molecule has 2 atom stereocenters. The Labute approximate surface area is 128 Å². The highest BCUT2D eigenvalue weighted by molar-refractivity contribution is 5.97. The van der Waals surface area contributed by atoms with Gasteiger partial charge in [0, 0.05) is 6.54 Å². The molecule has 0 aromatic carbocycles. The zero-order chi connectivity index (χ0) is 16.2.